The lowest BCUT2D eigenvalue weighted by Gasteiger charge is -2.09. The van der Waals surface area contributed by atoms with Gasteiger partial charge in [0.1, 0.15) is 0 Å². The van der Waals surface area contributed by atoms with Crippen LogP contribution in [0.1, 0.15) is 23.7 Å². The van der Waals surface area contributed by atoms with Crippen molar-refractivity contribution in [3.63, 3.8) is 0 Å². The lowest BCUT2D eigenvalue weighted by molar-refractivity contribution is 0.0990. The zero-order chi connectivity index (χ0) is 11.7. The van der Waals surface area contributed by atoms with Crippen molar-refractivity contribution in [2.75, 3.05) is 19.0 Å². The fraction of sp³-hybridized carbons (Fsp3) is 0.333. The molecule has 4 heteroatoms. The maximum Gasteiger partial charge on any atom is 0.168 e. The van der Waals surface area contributed by atoms with E-state index in [1.807, 2.05) is 50.3 Å². The highest BCUT2D eigenvalue weighted by atomic mass is 16.1. The number of aromatic nitrogens is 2. The Morgan fingerprint density at radius 3 is 2.81 bits per heavy atom. The van der Waals surface area contributed by atoms with Gasteiger partial charge in [-0.1, -0.05) is 13.0 Å². The zero-order valence-corrected chi connectivity index (χ0v) is 9.77. The first-order chi connectivity index (χ1) is 7.65. The average molecular weight is 217 g/mol. The van der Waals surface area contributed by atoms with Crippen LogP contribution in [0, 0.1) is 0 Å². The van der Waals surface area contributed by atoms with Gasteiger partial charge in [-0.3, -0.25) is 4.79 Å². The predicted octanol–water partition coefficient (Wildman–Crippen LogP) is 1.99. The highest BCUT2D eigenvalue weighted by Gasteiger charge is 2.19. The van der Waals surface area contributed by atoms with E-state index in [4.69, 9.17) is 0 Å². The van der Waals surface area contributed by atoms with Crippen LogP contribution in [0.25, 0.3) is 5.52 Å². The van der Waals surface area contributed by atoms with Crippen molar-refractivity contribution in [2.24, 2.45) is 0 Å². The molecule has 0 aliphatic carbocycles. The molecular weight excluding hydrogens is 202 g/mol. The molecule has 0 saturated heterocycles. The van der Waals surface area contributed by atoms with Crippen LogP contribution in [0.5, 0.6) is 0 Å². The van der Waals surface area contributed by atoms with E-state index >= 15 is 0 Å². The van der Waals surface area contributed by atoms with Gasteiger partial charge in [-0.05, 0) is 12.1 Å². The second-order valence-electron chi connectivity index (χ2n) is 3.90. The molecule has 84 valence electrons. The van der Waals surface area contributed by atoms with Crippen LogP contribution >= 0.6 is 0 Å². The van der Waals surface area contributed by atoms with E-state index in [1.54, 1.807) is 4.52 Å². The molecule has 0 radical (unpaired) electrons. The normalized spacial score (nSPS) is 10.7. The number of pyridine rings is 1. The van der Waals surface area contributed by atoms with Crippen molar-refractivity contribution >= 4 is 17.1 Å². The summed E-state index contributed by atoms with van der Waals surface area (Å²) in [6.45, 7) is 1.87. The van der Waals surface area contributed by atoms with Crippen molar-refractivity contribution < 1.29 is 4.79 Å². The number of rotatable bonds is 3. The molecule has 0 aliphatic heterocycles. The van der Waals surface area contributed by atoms with Gasteiger partial charge in [0.05, 0.1) is 11.1 Å². The summed E-state index contributed by atoms with van der Waals surface area (Å²) < 4.78 is 1.75. The summed E-state index contributed by atoms with van der Waals surface area (Å²) in [6.07, 6.45) is 2.35. The summed E-state index contributed by atoms with van der Waals surface area (Å²) >= 11 is 0. The van der Waals surface area contributed by atoms with E-state index in [2.05, 4.69) is 5.10 Å². The summed E-state index contributed by atoms with van der Waals surface area (Å²) in [7, 11) is 3.79. The topological polar surface area (TPSA) is 37.6 Å². The van der Waals surface area contributed by atoms with E-state index in [-0.39, 0.29) is 5.78 Å². The predicted molar refractivity (Wildman–Crippen MR) is 64.1 cm³/mol. The van der Waals surface area contributed by atoms with Crippen LogP contribution in [0.3, 0.4) is 0 Å². The number of hydrogen-bond donors (Lipinski definition) is 0. The van der Waals surface area contributed by atoms with E-state index in [1.165, 1.54) is 0 Å². The third-order valence-corrected chi connectivity index (χ3v) is 2.55. The quantitative estimate of drug-likeness (QED) is 0.738. The molecule has 0 unspecified atom stereocenters. The molecule has 2 aromatic heterocycles. The van der Waals surface area contributed by atoms with E-state index < -0.39 is 0 Å². The van der Waals surface area contributed by atoms with Crippen LogP contribution in [-0.4, -0.2) is 29.5 Å². The minimum atomic E-state index is 0.130. The molecule has 2 heterocycles. The lowest BCUT2D eigenvalue weighted by atomic mass is 10.1. The SMILES string of the molecule is CCC(=O)c1c(N(C)C)nn2ccccc12. The molecule has 0 saturated carbocycles. The van der Waals surface area contributed by atoms with Gasteiger partial charge in [-0.2, -0.15) is 0 Å². The Morgan fingerprint density at radius 1 is 1.44 bits per heavy atom. The maximum absolute atomic E-state index is 11.9. The Hall–Kier alpha value is -1.84. The molecule has 2 aromatic rings. The lowest BCUT2D eigenvalue weighted by Crippen LogP contribution is -2.13. The fourth-order valence-electron chi connectivity index (χ4n) is 1.74. The van der Waals surface area contributed by atoms with Crippen molar-refractivity contribution in [1.82, 2.24) is 9.61 Å². The van der Waals surface area contributed by atoms with Crippen molar-refractivity contribution in [2.45, 2.75) is 13.3 Å². The molecule has 0 spiro atoms. The summed E-state index contributed by atoms with van der Waals surface area (Å²) in [4.78, 5) is 13.8. The van der Waals surface area contributed by atoms with Crippen LogP contribution in [0.2, 0.25) is 0 Å². The molecule has 0 aromatic carbocycles. The molecule has 2 rings (SSSR count). The minimum absolute atomic E-state index is 0.130. The molecule has 0 bridgehead atoms. The molecule has 16 heavy (non-hydrogen) atoms. The number of ketones is 1. The molecule has 0 N–H and O–H groups in total. The monoisotopic (exact) mass is 217 g/mol. The molecule has 0 atom stereocenters. The highest BCUT2D eigenvalue weighted by molar-refractivity contribution is 6.06. The standard InChI is InChI=1S/C12H15N3O/c1-4-10(16)11-9-7-5-6-8-15(9)13-12(11)14(2)3/h5-8H,4H2,1-3H3. The van der Waals surface area contributed by atoms with Gasteiger partial charge in [0.15, 0.2) is 11.6 Å². The van der Waals surface area contributed by atoms with Crippen molar-refractivity contribution in [3.05, 3.63) is 30.0 Å². The van der Waals surface area contributed by atoms with Gasteiger partial charge < -0.3 is 4.90 Å². The maximum atomic E-state index is 11.9. The number of anilines is 1. The second kappa shape index (κ2) is 3.96. The van der Waals surface area contributed by atoms with Crippen molar-refractivity contribution in [1.29, 1.82) is 0 Å². The Bertz CT molecular complexity index is 528. The number of hydrogen-bond acceptors (Lipinski definition) is 3. The Balaban J connectivity index is 2.74. The fourth-order valence-corrected chi connectivity index (χ4v) is 1.74. The summed E-state index contributed by atoms with van der Waals surface area (Å²) in [5.74, 6) is 0.864. The van der Waals surface area contributed by atoms with Crippen molar-refractivity contribution in [3.8, 4) is 0 Å². The van der Waals surface area contributed by atoms with Crippen LogP contribution in [0.15, 0.2) is 24.4 Å². The third-order valence-electron chi connectivity index (χ3n) is 2.55. The van der Waals surface area contributed by atoms with Crippen LogP contribution in [0.4, 0.5) is 5.82 Å². The van der Waals surface area contributed by atoms with Gasteiger partial charge >= 0.3 is 0 Å². The molecule has 4 nitrogen and oxygen atoms in total. The van der Waals surface area contributed by atoms with Gasteiger partial charge in [-0.25, -0.2) is 4.52 Å². The first kappa shape index (κ1) is 10.7. The number of fused-ring (bicyclic) bond motifs is 1. The first-order valence-electron chi connectivity index (χ1n) is 5.33. The van der Waals surface area contributed by atoms with Crippen LogP contribution < -0.4 is 4.90 Å². The molecular formula is C12H15N3O. The van der Waals surface area contributed by atoms with E-state index in [0.29, 0.717) is 12.0 Å². The van der Waals surface area contributed by atoms with E-state index in [0.717, 1.165) is 11.3 Å². The summed E-state index contributed by atoms with van der Waals surface area (Å²) in [6, 6.07) is 5.74. The Kier molecular flexibility index (Phi) is 2.64. The number of carbonyl (C=O) groups is 1. The average Bonchev–Trinajstić information content (AvgIpc) is 2.67. The Labute approximate surface area is 94.5 Å². The summed E-state index contributed by atoms with van der Waals surface area (Å²) in [5, 5.41) is 4.40. The van der Waals surface area contributed by atoms with Crippen LogP contribution in [-0.2, 0) is 0 Å². The molecule has 0 amide bonds. The Morgan fingerprint density at radius 2 is 2.19 bits per heavy atom. The highest BCUT2D eigenvalue weighted by Crippen LogP contribution is 2.23. The number of carbonyl (C=O) groups excluding carboxylic acids is 1. The third kappa shape index (κ3) is 1.56. The molecule has 0 aliphatic rings. The minimum Gasteiger partial charge on any atom is -0.361 e. The second-order valence-corrected chi connectivity index (χ2v) is 3.90. The largest absolute Gasteiger partial charge is 0.361 e. The summed E-state index contributed by atoms with van der Waals surface area (Å²) in [5.41, 5.74) is 1.59. The number of Topliss-reactive ketones (excluding diaryl/α,β-unsaturated/α-hetero) is 1. The van der Waals surface area contributed by atoms with Gasteiger partial charge in [0.2, 0.25) is 0 Å². The number of nitrogens with zero attached hydrogens (tertiary/aromatic N) is 3. The van der Waals surface area contributed by atoms with Gasteiger partial charge in [0.25, 0.3) is 0 Å². The first-order valence-corrected chi connectivity index (χ1v) is 5.33. The zero-order valence-electron chi connectivity index (χ0n) is 9.77. The van der Waals surface area contributed by atoms with Gasteiger partial charge in [0, 0.05) is 26.7 Å². The van der Waals surface area contributed by atoms with Gasteiger partial charge in [-0.15, -0.1) is 5.10 Å². The van der Waals surface area contributed by atoms with E-state index in [9.17, 15) is 4.79 Å². The smallest absolute Gasteiger partial charge is 0.168 e. The molecule has 0 fully saturated rings.